The summed E-state index contributed by atoms with van der Waals surface area (Å²) in [7, 11) is 1.47. The summed E-state index contributed by atoms with van der Waals surface area (Å²) in [6, 6.07) is 0. The van der Waals surface area contributed by atoms with Gasteiger partial charge in [-0.15, -0.1) is 0 Å². The molecule has 0 aromatic carbocycles. The first kappa shape index (κ1) is 5.40. The van der Waals surface area contributed by atoms with Gasteiger partial charge in [0, 0.05) is 5.28 Å². The highest BCUT2D eigenvalue weighted by molar-refractivity contribution is 4.13. The number of rotatable bonds is 2. The Balaban J connectivity index is 2.73. The summed E-state index contributed by atoms with van der Waals surface area (Å²) in [5, 5.41) is 6.71. The van der Waals surface area contributed by atoms with Gasteiger partial charge in [0.2, 0.25) is 0 Å². The summed E-state index contributed by atoms with van der Waals surface area (Å²) < 4.78 is 0. The summed E-state index contributed by atoms with van der Waals surface area (Å²) in [6.07, 6.45) is 0. The minimum absolute atomic E-state index is 0.688. The van der Waals surface area contributed by atoms with Crippen molar-refractivity contribution in [2.75, 3.05) is 13.7 Å². The molecule has 3 nitrogen and oxygen atoms in total. The Morgan fingerprint density at radius 1 is 1.67 bits per heavy atom. The van der Waals surface area contributed by atoms with E-state index in [1.165, 1.54) is 7.11 Å². The van der Waals surface area contributed by atoms with Crippen LogP contribution in [0.15, 0.2) is 10.4 Å². The molecule has 0 radical (unpaired) electrons. The van der Waals surface area contributed by atoms with Gasteiger partial charge in [-0.2, -0.15) is 5.11 Å². The van der Waals surface area contributed by atoms with Gasteiger partial charge in [0.25, 0.3) is 0 Å². The Morgan fingerprint density at radius 2 is 2.33 bits per heavy atom. The van der Waals surface area contributed by atoms with Crippen molar-refractivity contribution in [2.45, 2.75) is 6.92 Å². The first-order valence-corrected chi connectivity index (χ1v) is 1.81. The third-order valence-electron chi connectivity index (χ3n) is 0.281. The Morgan fingerprint density at radius 3 is 2.50 bits per heavy atom. The topological polar surface area (TPSA) is 34.0 Å². The van der Waals surface area contributed by atoms with Crippen molar-refractivity contribution in [3.8, 4) is 0 Å². The zero-order valence-corrected chi connectivity index (χ0v) is 4.01. The molecule has 0 aliphatic heterocycles. The minimum Gasteiger partial charge on any atom is -0.383 e. The first-order chi connectivity index (χ1) is 2.91. The van der Waals surface area contributed by atoms with E-state index in [1.54, 1.807) is 0 Å². The van der Waals surface area contributed by atoms with Gasteiger partial charge in [0.1, 0.15) is 7.11 Å². The number of hydrogen-bond acceptors (Lipinski definition) is 3. The second-order valence-corrected chi connectivity index (χ2v) is 0.722. The fourth-order valence-electron chi connectivity index (χ4n) is 0.115. The predicted octanol–water partition coefficient (Wildman–Crippen LogP) is 1.02. The molecule has 0 bridgehead atoms. The number of hydrogen-bond donors (Lipinski definition) is 0. The second kappa shape index (κ2) is 4.40. The number of nitrogens with zero attached hydrogens (tertiary/aromatic N) is 2. The molecule has 6 heavy (non-hydrogen) atoms. The molecule has 3 heteroatoms. The highest BCUT2D eigenvalue weighted by Crippen LogP contribution is 1.70. The van der Waals surface area contributed by atoms with Crippen LogP contribution in [0.25, 0.3) is 0 Å². The maximum Gasteiger partial charge on any atom is 0.108 e. The van der Waals surface area contributed by atoms with Gasteiger partial charge in [0.15, 0.2) is 0 Å². The molecule has 0 aliphatic rings. The molecule has 0 unspecified atom stereocenters. The molecule has 0 aromatic rings. The molecule has 0 heterocycles. The lowest BCUT2D eigenvalue weighted by Gasteiger charge is -1.77. The molecule has 0 N–H and O–H groups in total. The van der Waals surface area contributed by atoms with Crippen LogP contribution in [0.5, 0.6) is 0 Å². The van der Waals surface area contributed by atoms with Crippen molar-refractivity contribution in [3.63, 3.8) is 0 Å². The SMILES string of the molecule is CCN=NOC. The second-order valence-electron chi connectivity index (χ2n) is 0.722. The predicted molar refractivity (Wildman–Crippen MR) is 22.4 cm³/mol. The van der Waals surface area contributed by atoms with Gasteiger partial charge in [-0.05, 0) is 6.92 Å². The molecule has 0 amide bonds. The Labute approximate surface area is 37.0 Å². The van der Waals surface area contributed by atoms with E-state index in [-0.39, 0.29) is 0 Å². The van der Waals surface area contributed by atoms with Crippen LogP contribution in [-0.2, 0) is 4.84 Å². The van der Waals surface area contributed by atoms with E-state index >= 15 is 0 Å². The summed E-state index contributed by atoms with van der Waals surface area (Å²) in [4.78, 5) is 4.24. The molecule has 0 fully saturated rings. The van der Waals surface area contributed by atoms with Gasteiger partial charge in [-0.3, -0.25) is 0 Å². The lowest BCUT2D eigenvalue weighted by molar-refractivity contribution is 0.186. The monoisotopic (exact) mass is 88.1 g/mol. The van der Waals surface area contributed by atoms with Gasteiger partial charge in [-0.1, -0.05) is 0 Å². The van der Waals surface area contributed by atoms with E-state index in [0.717, 1.165) is 0 Å². The lowest BCUT2D eigenvalue weighted by atomic mass is 10.8. The van der Waals surface area contributed by atoms with Crippen LogP contribution in [0.4, 0.5) is 0 Å². The molecule has 0 saturated carbocycles. The van der Waals surface area contributed by atoms with Crippen molar-refractivity contribution in [1.29, 1.82) is 0 Å². The lowest BCUT2D eigenvalue weighted by Crippen LogP contribution is -1.65. The van der Waals surface area contributed by atoms with Gasteiger partial charge >= 0.3 is 0 Å². The van der Waals surface area contributed by atoms with Crippen LogP contribution in [0.1, 0.15) is 6.92 Å². The Hall–Kier alpha value is -0.600. The van der Waals surface area contributed by atoms with Gasteiger partial charge in [-0.25, -0.2) is 0 Å². The molecular formula is C3H8N2O. The molecule has 0 spiro atoms. The zero-order chi connectivity index (χ0) is 4.83. The average Bonchev–Trinajstić information content (AvgIpc) is 1.61. The fourth-order valence-corrected chi connectivity index (χ4v) is 0.115. The quantitative estimate of drug-likeness (QED) is 0.366. The van der Waals surface area contributed by atoms with Crippen LogP contribution in [-0.4, -0.2) is 13.7 Å². The molecule has 0 saturated heterocycles. The Bertz CT molecular complexity index is 38.1. The maximum absolute atomic E-state index is 4.24. The van der Waals surface area contributed by atoms with Crippen molar-refractivity contribution < 1.29 is 4.84 Å². The van der Waals surface area contributed by atoms with E-state index in [0.29, 0.717) is 6.54 Å². The van der Waals surface area contributed by atoms with Crippen molar-refractivity contribution in [1.82, 2.24) is 0 Å². The van der Waals surface area contributed by atoms with Crippen LogP contribution in [0, 0.1) is 0 Å². The first-order valence-electron chi connectivity index (χ1n) is 1.81. The molecule has 0 aliphatic carbocycles. The maximum atomic E-state index is 4.24. The van der Waals surface area contributed by atoms with Crippen molar-refractivity contribution in [3.05, 3.63) is 0 Å². The molecule has 0 aromatic heterocycles. The van der Waals surface area contributed by atoms with Crippen molar-refractivity contribution in [2.24, 2.45) is 10.4 Å². The summed E-state index contributed by atoms with van der Waals surface area (Å²) in [5.41, 5.74) is 0. The van der Waals surface area contributed by atoms with E-state index < -0.39 is 0 Å². The van der Waals surface area contributed by atoms with E-state index in [2.05, 4.69) is 15.2 Å². The van der Waals surface area contributed by atoms with Crippen molar-refractivity contribution >= 4 is 0 Å². The van der Waals surface area contributed by atoms with Crippen LogP contribution in [0.3, 0.4) is 0 Å². The smallest absolute Gasteiger partial charge is 0.108 e. The van der Waals surface area contributed by atoms with Gasteiger partial charge < -0.3 is 4.84 Å². The third kappa shape index (κ3) is 3.40. The fraction of sp³-hybridized carbons (Fsp3) is 1.00. The Kier molecular flexibility index (Phi) is 3.96. The largest absolute Gasteiger partial charge is 0.383 e. The van der Waals surface area contributed by atoms with Crippen LogP contribution in [0.2, 0.25) is 0 Å². The standard InChI is InChI=1S/C3H8N2O/c1-3-4-5-6-2/h3H2,1-2H3. The summed E-state index contributed by atoms with van der Waals surface area (Å²) in [6.45, 7) is 2.58. The third-order valence-corrected chi connectivity index (χ3v) is 0.281. The molecular weight excluding hydrogens is 80.0 g/mol. The van der Waals surface area contributed by atoms with Gasteiger partial charge in [0.05, 0.1) is 6.54 Å². The highest BCUT2D eigenvalue weighted by atomic mass is 16.6. The normalized spacial score (nSPS) is 9.67. The minimum atomic E-state index is 0.688. The zero-order valence-electron chi connectivity index (χ0n) is 4.01. The van der Waals surface area contributed by atoms with Crippen LogP contribution >= 0.6 is 0 Å². The highest BCUT2D eigenvalue weighted by Gasteiger charge is 1.59. The molecule has 0 atom stereocenters. The van der Waals surface area contributed by atoms with E-state index in [9.17, 15) is 0 Å². The average molecular weight is 88.1 g/mol. The van der Waals surface area contributed by atoms with E-state index in [4.69, 9.17) is 0 Å². The van der Waals surface area contributed by atoms with E-state index in [1.807, 2.05) is 6.92 Å². The summed E-state index contributed by atoms with van der Waals surface area (Å²) in [5.74, 6) is 0. The summed E-state index contributed by atoms with van der Waals surface area (Å²) >= 11 is 0. The molecule has 36 valence electrons. The molecule has 0 rings (SSSR count). The van der Waals surface area contributed by atoms with Crippen LogP contribution < -0.4 is 0 Å².